The van der Waals surface area contributed by atoms with Gasteiger partial charge in [-0.05, 0) is 18.2 Å². The zero-order valence-corrected chi connectivity index (χ0v) is 8.82. The predicted molar refractivity (Wildman–Crippen MR) is 47.8 cm³/mol. The first-order valence-electron chi connectivity index (χ1n) is 4.44. The van der Waals surface area contributed by atoms with E-state index in [1.54, 1.807) is 0 Å². The highest BCUT2D eigenvalue weighted by atomic mass is 19.4. The first-order chi connectivity index (χ1) is 8.07. The number of halogens is 6. The Balaban J connectivity index is 3.45. The maximum atomic E-state index is 12.5. The molecule has 0 aliphatic carbocycles. The molecule has 0 unspecified atom stereocenters. The minimum absolute atomic E-state index is 0.120. The summed E-state index contributed by atoms with van der Waals surface area (Å²) in [6, 6.07) is 0.952. The molecule has 0 amide bonds. The molecule has 0 aliphatic heterocycles. The summed E-state index contributed by atoms with van der Waals surface area (Å²) in [6.07, 6.45) is -10.4. The minimum Gasteiger partial charge on any atom is -0.465 e. The number of rotatable bonds is 1. The van der Waals surface area contributed by atoms with E-state index in [4.69, 9.17) is 0 Å². The molecule has 0 N–H and O–H groups in total. The SMILES string of the molecule is COC(=O)c1ccc(C(F)(F)F)c(C(F)(F)F)c1. The Hall–Kier alpha value is -1.73. The normalized spacial score (nSPS) is 12.4. The number of carbonyl (C=O) groups excluding carboxylic acids is 1. The monoisotopic (exact) mass is 272 g/mol. The standard InChI is InChI=1S/C10H6F6O2/c1-18-8(17)5-2-3-6(9(11,12)13)7(4-5)10(14,15)16/h2-4H,1H3. The average molecular weight is 272 g/mol. The van der Waals surface area contributed by atoms with Crippen molar-refractivity contribution in [2.24, 2.45) is 0 Å². The van der Waals surface area contributed by atoms with Crippen LogP contribution in [0.15, 0.2) is 18.2 Å². The largest absolute Gasteiger partial charge is 0.465 e. The van der Waals surface area contributed by atoms with Gasteiger partial charge in [0.25, 0.3) is 0 Å². The van der Waals surface area contributed by atoms with Crippen LogP contribution in [0.1, 0.15) is 21.5 Å². The van der Waals surface area contributed by atoms with E-state index < -0.39 is 35.0 Å². The summed E-state index contributed by atoms with van der Waals surface area (Å²) in [5.41, 5.74) is -4.36. The molecule has 0 saturated carbocycles. The van der Waals surface area contributed by atoms with E-state index in [0.29, 0.717) is 6.07 Å². The fourth-order valence-electron chi connectivity index (χ4n) is 1.27. The van der Waals surface area contributed by atoms with Crippen molar-refractivity contribution < 1.29 is 35.9 Å². The van der Waals surface area contributed by atoms with Gasteiger partial charge in [0.15, 0.2) is 0 Å². The van der Waals surface area contributed by atoms with E-state index in [-0.39, 0.29) is 12.1 Å². The molecule has 0 bridgehead atoms. The summed E-state index contributed by atoms with van der Waals surface area (Å²) in [4.78, 5) is 11.0. The highest BCUT2D eigenvalue weighted by Crippen LogP contribution is 2.40. The van der Waals surface area contributed by atoms with Crippen molar-refractivity contribution in [2.45, 2.75) is 12.4 Å². The fourth-order valence-corrected chi connectivity index (χ4v) is 1.27. The molecular weight excluding hydrogens is 266 g/mol. The van der Waals surface area contributed by atoms with Gasteiger partial charge in [-0.15, -0.1) is 0 Å². The summed E-state index contributed by atoms with van der Waals surface area (Å²) < 4.78 is 78.7. The molecule has 0 aliphatic rings. The van der Waals surface area contributed by atoms with Crippen LogP contribution in [0.3, 0.4) is 0 Å². The molecule has 8 heteroatoms. The van der Waals surface area contributed by atoms with Crippen LogP contribution in [0.4, 0.5) is 26.3 Å². The zero-order chi connectivity index (χ0) is 14.1. The number of carbonyl (C=O) groups is 1. The second kappa shape index (κ2) is 4.51. The minimum atomic E-state index is -5.21. The highest BCUT2D eigenvalue weighted by Gasteiger charge is 2.43. The summed E-state index contributed by atoms with van der Waals surface area (Å²) >= 11 is 0. The topological polar surface area (TPSA) is 26.3 Å². The van der Waals surface area contributed by atoms with Gasteiger partial charge in [-0.25, -0.2) is 4.79 Å². The van der Waals surface area contributed by atoms with Gasteiger partial charge in [0.1, 0.15) is 0 Å². The number of methoxy groups -OCH3 is 1. The Labute approximate surface area is 97.2 Å². The average Bonchev–Trinajstić information content (AvgIpc) is 2.24. The van der Waals surface area contributed by atoms with Gasteiger partial charge in [0.2, 0.25) is 0 Å². The van der Waals surface area contributed by atoms with Crippen molar-refractivity contribution in [1.82, 2.24) is 0 Å². The first kappa shape index (κ1) is 14.3. The van der Waals surface area contributed by atoms with Crippen molar-refractivity contribution >= 4 is 5.97 Å². The lowest BCUT2D eigenvalue weighted by molar-refractivity contribution is -0.162. The van der Waals surface area contributed by atoms with Crippen LogP contribution >= 0.6 is 0 Å². The predicted octanol–water partition coefficient (Wildman–Crippen LogP) is 3.51. The van der Waals surface area contributed by atoms with Gasteiger partial charge in [-0.1, -0.05) is 0 Å². The number of benzene rings is 1. The molecule has 0 saturated heterocycles. The van der Waals surface area contributed by atoms with E-state index in [1.165, 1.54) is 0 Å². The smallest absolute Gasteiger partial charge is 0.417 e. The first-order valence-corrected chi connectivity index (χ1v) is 4.44. The van der Waals surface area contributed by atoms with Gasteiger partial charge in [0, 0.05) is 0 Å². The summed E-state index contributed by atoms with van der Waals surface area (Å²) in [5, 5.41) is 0. The highest BCUT2D eigenvalue weighted by molar-refractivity contribution is 5.89. The van der Waals surface area contributed by atoms with Crippen molar-refractivity contribution in [3.05, 3.63) is 34.9 Å². The molecule has 2 nitrogen and oxygen atoms in total. The Morgan fingerprint density at radius 2 is 1.50 bits per heavy atom. The van der Waals surface area contributed by atoms with Crippen molar-refractivity contribution in [3.63, 3.8) is 0 Å². The van der Waals surface area contributed by atoms with Crippen molar-refractivity contribution in [3.8, 4) is 0 Å². The lowest BCUT2D eigenvalue weighted by Gasteiger charge is -2.16. The molecule has 0 spiro atoms. The molecule has 1 rings (SSSR count). The van der Waals surface area contributed by atoms with Crippen molar-refractivity contribution in [2.75, 3.05) is 7.11 Å². The Morgan fingerprint density at radius 1 is 1.00 bits per heavy atom. The Bertz CT molecular complexity index is 460. The second-order valence-corrected chi connectivity index (χ2v) is 3.25. The second-order valence-electron chi connectivity index (χ2n) is 3.25. The molecule has 1 aromatic carbocycles. The summed E-state index contributed by atoms with van der Waals surface area (Å²) in [7, 11) is 0.910. The van der Waals surface area contributed by atoms with E-state index in [9.17, 15) is 31.1 Å². The zero-order valence-electron chi connectivity index (χ0n) is 8.82. The van der Waals surface area contributed by atoms with Crippen LogP contribution in [0.2, 0.25) is 0 Å². The molecule has 0 atom stereocenters. The van der Waals surface area contributed by atoms with E-state index in [0.717, 1.165) is 7.11 Å². The van der Waals surface area contributed by atoms with Crippen LogP contribution in [0.25, 0.3) is 0 Å². The van der Waals surface area contributed by atoms with Crippen molar-refractivity contribution in [1.29, 1.82) is 0 Å². The molecule has 0 aromatic heterocycles. The quantitative estimate of drug-likeness (QED) is 0.577. The van der Waals surface area contributed by atoms with Crippen LogP contribution in [-0.4, -0.2) is 13.1 Å². The number of hydrogen-bond acceptors (Lipinski definition) is 2. The van der Waals surface area contributed by atoms with E-state index in [1.807, 2.05) is 0 Å². The van der Waals surface area contributed by atoms with Gasteiger partial charge >= 0.3 is 18.3 Å². The van der Waals surface area contributed by atoms with Crippen LogP contribution < -0.4 is 0 Å². The molecule has 0 radical (unpaired) electrons. The fraction of sp³-hybridized carbons (Fsp3) is 0.300. The van der Waals surface area contributed by atoms with E-state index >= 15 is 0 Å². The lowest BCUT2D eigenvalue weighted by atomic mass is 10.0. The molecule has 1 aromatic rings. The maximum Gasteiger partial charge on any atom is 0.417 e. The third-order valence-corrected chi connectivity index (χ3v) is 2.05. The molecule has 18 heavy (non-hydrogen) atoms. The Kier molecular flexibility index (Phi) is 3.59. The number of esters is 1. The number of ether oxygens (including phenoxy) is 1. The van der Waals surface area contributed by atoms with Gasteiger partial charge < -0.3 is 4.74 Å². The molecule has 100 valence electrons. The summed E-state index contributed by atoms with van der Waals surface area (Å²) in [6.45, 7) is 0. The van der Waals surface area contributed by atoms with Crippen LogP contribution in [0.5, 0.6) is 0 Å². The Morgan fingerprint density at radius 3 is 1.89 bits per heavy atom. The third kappa shape index (κ3) is 2.93. The summed E-state index contributed by atoms with van der Waals surface area (Å²) in [5.74, 6) is -1.14. The lowest BCUT2D eigenvalue weighted by Crippen LogP contribution is -2.17. The van der Waals surface area contributed by atoms with Gasteiger partial charge in [-0.2, -0.15) is 26.3 Å². The third-order valence-electron chi connectivity index (χ3n) is 2.05. The number of alkyl halides is 6. The van der Waals surface area contributed by atoms with Crippen LogP contribution in [0, 0.1) is 0 Å². The maximum absolute atomic E-state index is 12.5. The van der Waals surface area contributed by atoms with Gasteiger partial charge in [-0.3, -0.25) is 0 Å². The van der Waals surface area contributed by atoms with E-state index in [2.05, 4.69) is 4.74 Å². The number of hydrogen-bond donors (Lipinski definition) is 0. The molecule has 0 fully saturated rings. The van der Waals surface area contributed by atoms with Crippen LogP contribution in [-0.2, 0) is 17.1 Å². The molecular formula is C10H6F6O2. The van der Waals surface area contributed by atoms with Gasteiger partial charge in [0.05, 0.1) is 23.8 Å². The molecule has 0 heterocycles.